The van der Waals surface area contributed by atoms with Gasteiger partial charge in [0.1, 0.15) is 5.75 Å². The summed E-state index contributed by atoms with van der Waals surface area (Å²) in [7, 11) is 3.41. The largest absolute Gasteiger partial charge is 0.496 e. The van der Waals surface area contributed by atoms with Crippen molar-refractivity contribution in [3.63, 3.8) is 0 Å². The molecule has 2 rings (SSSR count). The summed E-state index contributed by atoms with van der Waals surface area (Å²) in [5.74, 6) is 1.57. The lowest BCUT2D eigenvalue weighted by atomic mass is 10.1. The normalized spacial score (nSPS) is 10.8. The molecule has 136 valence electrons. The van der Waals surface area contributed by atoms with Crippen LogP contribution >= 0.6 is 35.6 Å². The lowest BCUT2D eigenvalue weighted by Gasteiger charge is -2.15. The van der Waals surface area contributed by atoms with E-state index in [1.807, 2.05) is 44.3 Å². The average molecular weight is 475 g/mol. The van der Waals surface area contributed by atoms with Gasteiger partial charge in [-0.15, -0.1) is 24.0 Å². The summed E-state index contributed by atoms with van der Waals surface area (Å²) in [4.78, 5) is 8.71. The molecule has 2 aromatic rings. The first-order chi connectivity index (χ1) is 11.6. The minimum absolute atomic E-state index is 0. The fraction of sp³-hybridized carbons (Fsp3) is 0.333. The second-order valence-corrected chi connectivity index (χ2v) is 5.82. The highest BCUT2D eigenvalue weighted by Crippen LogP contribution is 2.23. The highest BCUT2D eigenvalue weighted by atomic mass is 127. The van der Waals surface area contributed by atoms with E-state index in [1.54, 1.807) is 14.2 Å². The number of hydrogen-bond acceptors (Lipinski definition) is 3. The topological polar surface area (TPSA) is 58.5 Å². The fourth-order valence-corrected chi connectivity index (χ4v) is 2.66. The van der Waals surface area contributed by atoms with Gasteiger partial charge in [0.25, 0.3) is 0 Å². The molecule has 1 heterocycles. The Morgan fingerprint density at radius 2 is 1.88 bits per heavy atom. The SMILES string of the molecule is CN=C(NCc1ccccc1Cl)NCc1ncc(C)c(OC)c1C.I. The summed E-state index contributed by atoms with van der Waals surface area (Å²) < 4.78 is 5.44. The van der Waals surface area contributed by atoms with Crippen molar-refractivity contribution >= 4 is 41.5 Å². The maximum Gasteiger partial charge on any atom is 0.191 e. The molecule has 1 aromatic heterocycles. The standard InChI is InChI=1S/C18H23ClN4O.HI/c1-12-9-21-16(13(2)17(12)24-4)11-23-18(20-3)22-10-14-7-5-6-8-15(14)19;/h5-9H,10-11H2,1-4H3,(H2,20,22,23);1H. The molecular formula is C18H24ClIN4O. The summed E-state index contributed by atoms with van der Waals surface area (Å²) in [5, 5.41) is 7.25. The smallest absolute Gasteiger partial charge is 0.191 e. The molecule has 0 unspecified atom stereocenters. The number of ether oxygens (including phenoxy) is 1. The van der Waals surface area contributed by atoms with Crippen LogP contribution in [0.1, 0.15) is 22.4 Å². The number of aromatic nitrogens is 1. The van der Waals surface area contributed by atoms with E-state index in [0.717, 1.165) is 33.2 Å². The highest BCUT2D eigenvalue weighted by molar-refractivity contribution is 14.0. The van der Waals surface area contributed by atoms with Crippen LogP contribution in [-0.2, 0) is 13.1 Å². The number of aliphatic imine (C=N–C) groups is 1. The Morgan fingerprint density at radius 1 is 1.20 bits per heavy atom. The molecule has 0 fully saturated rings. The number of aryl methyl sites for hydroxylation is 1. The molecule has 0 radical (unpaired) electrons. The molecule has 1 aromatic carbocycles. The van der Waals surface area contributed by atoms with E-state index in [9.17, 15) is 0 Å². The Morgan fingerprint density at radius 3 is 2.52 bits per heavy atom. The van der Waals surface area contributed by atoms with Crippen LogP contribution < -0.4 is 15.4 Å². The molecule has 0 bridgehead atoms. The number of benzene rings is 1. The summed E-state index contributed by atoms with van der Waals surface area (Å²) >= 11 is 6.17. The average Bonchev–Trinajstić information content (AvgIpc) is 2.58. The van der Waals surface area contributed by atoms with E-state index in [2.05, 4.69) is 20.6 Å². The molecule has 0 atom stereocenters. The second kappa shape index (κ2) is 10.5. The van der Waals surface area contributed by atoms with E-state index >= 15 is 0 Å². The molecule has 0 saturated heterocycles. The quantitative estimate of drug-likeness (QED) is 0.393. The Hall–Kier alpha value is -1.54. The number of hydrogen-bond donors (Lipinski definition) is 2. The predicted octanol–water partition coefficient (Wildman–Crippen LogP) is 3.84. The molecular weight excluding hydrogens is 451 g/mol. The zero-order valence-electron chi connectivity index (χ0n) is 14.9. The number of rotatable bonds is 5. The first-order valence-electron chi connectivity index (χ1n) is 7.73. The van der Waals surface area contributed by atoms with Gasteiger partial charge in [-0.2, -0.15) is 0 Å². The molecule has 0 aliphatic carbocycles. The van der Waals surface area contributed by atoms with Crippen molar-refractivity contribution < 1.29 is 4.74 Å². The van der Waals surface area contributed by atoms with Crippen LogP contribution in [0.5, 0.6) is 5.75 Å². The predicted molar refractivity (Wildman–Crippen MR) is 114 cm³/mol. The first kappa shape index (κ1) is 21.5. The van der Waals surface area contributed by atoms with Gasteiger partial charge in [0.15, 0.2) is 5.96 Å². The Balaban J connectivity index is 0.00000312. The Labute approximate surface area is 171 Å². The number of halogens is 2. The van der Waals surface area contributed by atoms with Gasteiger partial charge in [0, 0.05) is 35.9 Å². The van der Waals surface area contributed by atoms with Gasteiger partial charge in [0.05, 0.1) is 19.3 Å². The monoisotopic (exact) mass is 474 g/mol. The minimum atomic E-state index is 0. The zero-order chi connectivity index (χ0) is 17.5. The molecule has 2 N–H and O–H groups in total. The van der Waals surface area contributed by atoms with Crippen molar-refractivity contribution in [2.24, 2.45) is 4.99 Å². The van der Waals surface area contributed by atoms with Crippen molar-refractivity contribution in [1.82, 2.24) is 15.6 Å². The van der Waals surface area contributed by atoms with E-state index in [-0.39, 0.29) is 24.0 Å². The lowest BCUT2D eigenvalue weighted by molar-refractivity contribution is 0.406. The highest BCUT2D eigenvalue weighted by Gasteiger charge is 2.10. The third-order valence-electron chi connectivity index (χ3n) is 3.80. The van der Waals surface area contributed by atoms with Gasteiger partial charge in [0.2, 0.25) is 0 Å². The van der Waals surface area contributed by atoms with Gasteiger partial charge in [-0.25, -0.2) is 0 Å². The summed E-state index contributed by atoms with van der Waals surface area (Å²) in [5.41, 5.74) is 4.01. The molecule has 0 spiro atoms. The maximum atomic E-state index is 6.17. The molecule has 5 nitrogen and oxygen atoms in total. The molecule has 25 heavy (non-hydrogen) atoms. The minimum Gasteiger partial charge on any atom is -0.496 e. The summed E-state index contributed by atoms with van der Waals surface area (Å²) in [6.45, 7) is 5.16. The van der Waals surface area contributed by atoms with Crippen LogP contribution in [0.3, 0.4) is 0 Å². The third kappa shape index (κ3) is 5.74. The molecule has 0 aliphatic heterocycles. The number of pyridine rings is 1. The number of nitrogens with one attached hydrogen (secondary N) is 2. The number of guanidine groups is 1. The van der Waals surface area contributed by atoms with Crippen LogP contribution in [0.4, 0.5) is 0 Å². The Kier molecular flexibility index (Phi) is 8.99. The van der Waals surface area contributed by atoms with Crippen molar-refractivity contribution in [1.29, 1.82) is 0 Å². The first-order valence-corrected chi connectivity index (χ1v) is 8.11. The maximum absolute atomic E-state index is 6.17. The molecule has 7 heteroatoms. The van der Waals surface area contributed by atoms with E-state index in [4.69, 9.17) is 16.3 Å². The van der Waals surface area contributed by atoms with E-state index < -0.39 is 0 Å². The third-order valence-corrected chi connectivity index (χ3v) is 4.17. The van der Waals surface area contributed by atoms with Crippen LogP contribution in [-0.4, -0.2) is 25.1 Å². The van der Waals surface area contributed by atoms with Crippen LogP contribution in [0.25, 0.3) is 0 Å². The zero-order valence-corrected chi connectivity index (χ0v) is 18.0. The van der Waals surface area contributed by atoms with Crippen LogP contribution in [0.15, 0.2) is 35.5 Å². The molecule has 0 amide bonds. The fourth-order valence-electron chi connectivity index (χ4n) is 2.46. The van der Waals surface area contributed by atoms with Crippen molar-refractivity contribution in [2.75, 3.05) is 14.2 Å². The Bertz CT molecular complexity index is 737. The lowest BCUT2D eigenvalue weighted by Crippen LogP contribution is -2.36. The van der Waals surface area contributed by atoms with Gasteiger partial charge in [-0.3, -0.25) is 9.98 Å². The second-order valence-electron chi connectivity index (χ2n) is 5.42. The summed E-state index contributed by atoms with van der Waals surface area (Å²) in [6.07, 6.45) is 1.82. The van der Waals surface area contributed by atoms with Crippen LogP contribution in [0.2, 0.25) is 5.02 Å². The van der Waals surface area contributed by atoms with Gasteiger partial charge >= 0.3 is 0 Å². The van der Waals surface area contributed by atoms with Gasteiger partial charge in [-0.1, -0.05) is 29.8 Å². The van der Waals surface area contributed by atoms with Crippen molar-refractivity contribution in [3.05, 3.63) is 57.9 Å². The molecule has 0 saturated carbocycles. The van der Waals surface area contributed by atoms with Crippen LogP contribution in [0, 0.1) is 13.8 Å². The molecule has 0 aliphatic rings. The van der Waals surface area contributed by atoms with Gasteiger partial charge in [-0.05, 0) is 25.5 Å². The van der Waals surface area contributed by atoms with E-state index in [0.29, 0.717) is 19.0 Å². The van der Waals surface area contributed by atoms with E-state index in [1.165, 1.54) is 0 Å². The van der Waals surface area contributed by atoms with Crippen molar-refractivity contribution in [2.45, 2.75) is 26.9 Å². The van der Waals surface area contributed by atoms with Crippen molar-refractivity contribution in [3.8, 4) is 5.75 Å². The number of methoxy groups -OCH3 is 1. The summed E-state index contributed by atoms with van der Waals surface area (Å²) in [6, 6.07) is 7.74. The number of nitrogens with zero attached hydrogens (tertiary/aromatic N) is 2. The van der Waals surface area contributed by atoms with Gasteiger partial charge < -0.3 is 15.4 Å².